The van der Waals surface area contributed by atoms with Crippen molar-refractivity contribution < 1.29 is 14.7 Å². The summed E-state index contributed by atoms with van der Waals surface area (Å²) >= 11 is 0. The molecule has 0 heterocycles. The Morgan fingerprint density at radius 3 is 2.56 bits per heavy atom. The Labute approximate surface area is 96.9 Å². The summed E-state index contributed by atoms with van der Waals surface area (Å²) in [4.78, 5) is 23.2. The summed E-state index contributed by atoms with van der Waals surface area (Å²) in [6.45, 7) is 2.40. The first-order valence-electron chi connectivity index (χ1n) is 5.68. The lowest BCUT2D eigenvalue weighted by Crippen LogP contribution is -2.28. The molecular formula is C12H21NO3. The van der Waals surface area contributed by atoms with Crippen LogP contribution in [0.25, 0.3) is 0 Å². The van der Waals surface area contributed by atoms with Crippen molar-refractivity contribution in [2.75, 3.05) is 13.6 Å². The van der Waals surface area contributed by atoms with Crippen molar-refractivity contribution in [3.63, 3.8) is 0 Å². The fourth-order valence-electron chi connectivity index (χ4n) is 1.17. The Morgan fingerprint density at radius 2 is 2.00 bits per heavy atom. The Kier molecular flexibility index (Phi) is 8.21. The van der Waals surface area contributed by atoms with Gasteiger partial charge in [0.15, 0.2) is 0 Å². The summed E-state index contributed by atoms with van der Waals surface area (Å²) in [5.41, 5.74) is 0. The number of amides is 1. The van der Waals surface area contributed by atoms with E-state index in [2.05, 4.69) is 6.92 Å². The molecule has 0 unspecified atom stereocenters. The molecule has 0 spiro atoms. The first-order chi connectivity index (χ1) is 7.57. The average molecular weight is 227 g/mol. The lowest BCUT2D eigenvalue weighted by molar-refractivity contribution is -0.138. The summed E-state index contributed by atoms with van der Waals surface area (Å²) in [5, 5.41) is 8.47. The third-order valence-electron chi connectivity index (χ3n) is 2.27. The Morgan fingerprint density at radius 1 is 1.31 bits per heavy atom. The second kappa shape index (κ2) is 8.95. The Bertz CT molecular complexity index is 249. The van der Waals surface area contributed by atoms with E-state index in [1.165, 1.54) is 4.90 Å². The number of nitrogens with zero attached hydrogens (tertiary/aromatic N) is 1. The van der Waals surface area contributed by atoms with Crippen LogP contribution in [0.5, 0.6) is 0 Å². The fraction of sp³-hybridized carbons (Fsp3) is 0.667. The van der Waals surface area contributed by atoms with E-state index in [1.807, 2.05) is 12.2 Å². The monoisotopic (exact) mass is 227 g/mol. The minimum absolute atomic E-state index is 0.00177. The van der Waals surface area contributed by atoms with Crippen LogP contribution in [0, 0.1) is 0 Å². The maximum absolute atomic E-state index is 11.5. The number of carbonyl (C=O) groups is 2. The largest absolute Gasteiger partial charge is 0.481 e. The standard InChI is InChI=1S/C12H21NO3/c1-3-4-5-6-7-8-11(14)13(2)10-9-12(15)16/h6-7H,3-5,8-10H2,1-2H3,(H,15,16)/b7-6+. The van der Waals surface area contributed by atoms with E-state index in [0.29, 0.717) is 6.42 Å². The SMILES string of the molecule is CCCC/C=C/CC(=O)N(C)CCC(=O)O. The molecule has 4 nitrogen and oxygen atoms in total. The van der Waals surface area contributed by atoms with E-state index in [1.54, 1.807) is 7.05 Å². The van der Waals surface area contributed by atoms with Gasteiger partial charge in [-0.2, -0.15) is 0 Å². The summed E-state index contributed by atoms with van der Waals surface area (Å²) in [7, 11) is 1.63. The van der Waals surface area contributed by atoms with Gasteiger partial charge in [0, 0.05) is 20.0 Å². The summed E-state index contributed by atoms with van der Waals surface area (Å²) < 4.78 is 0. The van der Waals surface area contributed by atoms with Gasteiger partial charge < -0.3 is 10.0 Å². The lowest BCUT2D eigenvalue weighted by Gasteiger charge is -2.14. The zero-order valence-electron chi connectivity index (χ0n) is 10.1. The maximum atomic E-state index is 11.5. The third kappa shape index (κ3) is 8.03. The first kappa shape index (κ1) is 14.7. The van der Waals surface area contributed by atoms with Crippen LogP contribution < -0.4 is 0 Å². The van der Waals surface area contributed by atoms with E-state index in [-0.39, 0.29) is 18.9 Å². The molecule has 0 aliphatic carbocycles. The Balaban J connectivity index is 3.70. The maximum Gasteiger partial charge on any atom is 0.305 e. The van der Waals surface area contributed by atoms with Gasteiger partial charge in [0.2, 0.25) is 5.91 Å². The number of rotatable bonds is 8. The normalized spacial score (nSPS) is 10.6. The van der Waals surface area contributed by atoms with Crippen molar-refractivity contribution in [3.8, 4) is 0 Å². The number of allylic oxidation sites excluding steroid dienone is 1. The summed E-state index contributed by atoms with van der Waals surface area (Å²) in [6, 6.07) is 0. The Hall–Kier alpha value is -1.32. The summed E-state index contributed by atoms with van der Waals surface area (Å²) in [5.74, 6) is -0.910. The van der Waals surface area contributed by atoms with E-state index in [4.69, 9.17) is 5.11 Å². The number of carboxylic acids is 1. The molecule has 92 valence electrons. The molecule has 4 heteroatoms. The van der Waals surface area contributed by atoms with Crippen molar-refractivity contribution in [1.82, 2.24) is 4.90 Å². The molecule has 1 N–H and O–H groups in total. The number of carboxylic acid groups (broad SMARTS) is 1. The molecule has 0 bridgehead atoms. The highest BCUT2D eigenvalue weighted by molar-refractivity contribution is 5.78. The molecule has 0 aromatic rings. The second-order valence-corrected chi connectivity index (χ2v) is 3.78. The quantitative estimate of drug-likeness (QED) is 0.510. The molecule has 0 radical (unpaired) electrons. The van der Waals surface area contributed by atoms with Gasteiger partial charge >= 0.3 is 5.97 Å². The van der Waals surface area contributed by atoms with E-state index in [9.17, 15) is 9.59 Å². The zero-order chi connectivity index (χ0) is 12.4. The topological polar surface area (TPSA) is 57.6 Å². The van der Waals surface area contributed by atoms with Crippen molar-refractivity contribution in [1.29, 1.82) is 0 Å². The van der Waals surface area contributed by atoms with Gasteiger partial charge in [0.05, 0.1) is 6.42 Å². The minimum Gasteiger partial charge on any atom is -0.481 e. The zero-order valence-corrected chi connectivity index (χ0v) is 10.1. The molecule has 0 aliphatic heterocycles. The number of unbranched alkanes of at least 4 members (excludes halogenated alkanes) is 2. The fourth-order valence-corrected chi connectivity index (χ4v) is 1.17. The van der Waals surface area contributed by atoms with E-state index < -0.39 is 5.97 Å². The third-order valence-corrected chi connectivity index (χ3v) is 2.27. The smallest absolute Gasteiger partial charge is 0.305 e. The van der Waals surface area contributed by atoms with Crippen LogP contribution >= 0.6 is 0 Å². The van der Waals surface area contributed by atoms with Crippen molar-refractivity contribution in [3.05, 3.63) is 12.2 Å². The molecule has 0 aromatic carbocycles. The van der Waals surface area contributed by atoms with Crippen LogP contribution in [0.3, 0.4) is 0 Å². The average Bonchev–Trinajstić information content (AvgIpc) is 2.25. The van der Waals surface area contributed by atoms with Crippen LogP contribution in [0.15, 0.2) is 12.2 Å². The molecule has 0 aromatic heterocycles. The van der Waals surface area contributed by atoms with Crippen molar-refractivity contribution in [2.24, 2.45) is 0 Å². The number of hydrogen-bond acceptors (Lipinski definition) is 2. The van der Waals surface area contributed by atoms with Gasteiger partial charge in [0.25, 0.3) is 0 Å². The van der Waals surface area contributed by atoms with Crippen LogP contribution in [0.4, 0.5) is 0 Å². The van der Waals surface area contributed by atoms with Gasteiger partial charge in [-0.3, -0.25) is 9.59 Å². The number of aliphatic carboxylic acids is 1. The molecule has 16 heavy (non-hydrogen) atoms. The van der Waals surface area contributed by atoms with Crippen LogP contribution in [0.2, 0.25) is 0 Å². The van der Waals surface area contributed by atoms with Gasteiger partial charge in [-0.05, 0) is 6.42 Å². The highest BCUT2D eigenvalue weighted by atomic mass is 16.4. The van der Waals surface area contributed by atoms with Crippen molar-refractivity contribution >= 4 is 11.9 Å². The number of carbonyl (C=O) groups excluding carboxylic acids is 1. The molecule has 0 saturated carbocycles. The van der Waals surface area contributed by atoms with Crippen LogP contribution in [-0.2, 0) is 9.59 Å². The van der Waals surface area contributed by atoms with Gasteiger partial charge in [-0.1, -0.05) is 31.9 Å². The van der Waals surface area contributed by atoms with Gasteiger partial charge in [0.1, 0.15) is 0 Å². The van der Waals surface area contributed by atoms with E-state index in [0.717, 1.165) is 19.3 Å². The molecule has 1 amide bonds. The van der Waals surface area contributed by atoms with Crippen LogP contribution in [0.1, 0.15) is 39.0 Å². The molecule has 0 rings (SSSR count). The minimum atomic E-state index is -0.877. The number of hydrogen-bond donors (Lipinski definition) is 1. The lowest BCUT2D eigenvalue weighted by atomic mass is 10.2. The first-order valence-corrected chi connectivity index (χ1v) is 5.68. The second-order valence-electron chi connectivity index (χ2n) is 3.78. The van der Waals surface area contributed by atoms with Crippen molar-refractivity contribution in [2.45, 2.75) is 39.0 Å². The predicted molar refractivity (Wildman–Crippen MR) is 63.2 cm³/mol. The molecule has 0 fully saturated rings. The molecule has 0 atom stereocenters. The molecule has 0 aliphatic rings. The highest BCUT2D eigenvalue weighted by Crippen LogP contribution is 1.98. The molecule has 0 saturated heterocycles. The van der Waals surface area contributed by atoms with E-state index >= 15 is 0 Å². The highest BCUT2D eigenvalue weighted by Gasteiger charge is 2.07. The van der Waals surface area contributed by atoms with Crippen LogP contribution in [-0.4, -0.2) is 35.5 Å². The summed E-state index contributed by atoms with van der Waals surface area (Å²) in [6.07, 6.45) is 7.52. The predicted octanol–water partition coefficient (Wildman–Crippen LogP) is 2.06. The van der Waals surface area contributed by atoms with Gasteiger partial charge in [-0.15, -0.1) is 0 Å². The van der Waals surface area contributed by atoms with Gasteiger partial charge in [-0.25, -0.2) is 0 Å². The molecular weight excluding hydrogens is 206 g/mol.